The molecule has 0 unspecified atom stereocenters. The standard InChI is InChI=1S/C17H14BrF2N5.C17H15F2N5.C11H11F2NS.C8H10N2O.BHNS/c1-17(2)16-24-23-12(7-9-5-3-4-6-21-9)25(16)15-11(22-17)8-10(19)13(18)14(15)20;1-17(2)16-23-22-14(9-11-5-3-4-6-20-11)24(16)15-12(19)7-10(18)8-13(15)21-17;1-11(2)10(15)5-7-8(13)3-6(12)4-9(7)14-11;9-6-8(11)5-7-3-1-2-4-10-7;1-2-3/h3-6,8,22H,7H2,1-2H3;3-8,21H,9H2,1-2H3;3-4,14H,5H2,1-2H3;1-4H,5-6,9H2;3H. The number of thiocarbonyl (C=S) groups is 1. The van der Waals surface area contributed by atoms with Crippen molar-refractivity contribution < 1.29 is 31.1 Å². The molecule has 0 saturated heterocycles. The summed E-state index contributed by atoms with van der Waals surface area (Å²) in [6.45, 7) is 11.5. The number of nitrogens with one attached hydrogen (secondary N) is 3. The average Bonchev–Trinajstić information content (AvgIpc) is 4.03. The Morgan fingerprint density at radius 3 is 1.60 bits per heavy atom. The van der Waals surface area contributed by atoms with Gasteiger partial charge in [-0.2, -0.15) is 0 Å². The first-order chi connectivity index (χ1) is 37.0. The normalized spacial score (nSPS) is 14.2. The molecule has 3 aliphatic rings. The Hall–Kier alpha value is -7.22. The predicted molar refractivity (Wildman–Crippen MR) is 297 cm³/mol. The van der Waals surface area contributed by atoms with Gasteiger partial charge in [-0.25, -0.2) is 26.3 Å². The number of anilines is 3. The second-order valence-electron chi connectivity index (χ2n) is 19.3. The molecule has 0 bridgehead atoms. The van der Waals surface area contributed by atoms with Crippen molar-refractivity contribution in [3.8, 4) is 11.4 Å². The van der Waals surface area contributed by atoms with Crippen molar-refractivity contribution in [2.75, 3.05) is 22.5 Å². The van der Waals surface area contributed by atoms with Crippen LogP contribution >= 0.6 is 41.0 Å². The molecular formula is C53H51BBrF6N14OS2. The number of nitrogens with zero attached hydrogens (tertiary/aromatic N) is 10. The second-order valence-corrected chi connectivity index (χ2v) is 20.8. The Balaban J connectivity index is 0.000000155. The van der Waals surface area contributed by atoms with Crippen LogP contribution in [0.1, 0.15) is 87.5 Å². The van der Waals surface area contributed by atoms with Gasteiger partial charge in [0.1, 0.15) is 46.3 Å². The van der Waals surface area contributed by atoms with E-state index in [-0.39, 0.29) is 33.7 Å². The Labute approximate surface area is 466 Å². The van der Waals surface area contributed by atoms with E-state index in [1.54, 1.807) is 27.7 Å². The van der Waals surface area contributed by atoms with Crippen LogP contribution in [0.5, 0.6) is 0 Å². The third-order valence-electron chi connectivity index (χ3n) is 12.2. The summed E-state index contributed by atoms with van der Waals surface area (Å²) in [4.78, 5) is 24.1. The third kappa shape index (κ3) is 13.4. The topological polar surface area (TPSA) is 192 Å². The van der Waals surface area contributed by atoms with E-state index >= 15 is 0 Å². The van der Waals surface area contributed by atoms with Crippen LogP contribution in [-0.4, -0.2) is 74.9 Å². The van der Waals surface area contributed by atoms with Gasteiger partial charge >= 0.3 is 24.8 Å². The monoisotopic (exact) mass is 1170 g/mol. The molecule has 3 aliphatic heterocycles. The van der Waals surface area contributed by atoms with Gasteiger partial charge in [0.15, 0.2) is 29.1 Å². The molecule has 3 aromatic carbocycles. The molecule has 78 heavy (non-hydrogen) atoms. The minimum atomic E-state index is -0.693. The molecule has 8 heterocycles. The fourth-order valence-electron chi connectivity index (χ4n) is 8.50. The molecule has 5 aromatic heterocycles. The molecule has 0 saturated carbocycles. The van der Waals surface area contributed by atoms with Crippen LogP contribution in [0.2, 0.25) is 0 Å². The molecule has 15 nitrogen and oxygen atoms in total. The number of carbonyl (C=O) groups is 1. The SMILES string of the molecule is CC1(C)Nc2cc(F)c(Br)c(F)c2-n2c(Cc3ccccn3)nnc21.CC1(C)Nc2cc(F)cc(F)c2-n2c(Cc3ccccn3)nnc21.CC1(C)Nc2cc(F)cc(F)c2CC1=S.NCC(=O)Cc1ccccn1.[B]=NS. The summed E-state index contributed by atoms with van der Waals surface area (Å²) in [5, 5.41) is 26.3. The number of ketones is 1. The van der Waals surface area contributed by atoms with Crippen LogP contribution in [0.15, 0.2) is 112 Å². The van der Waals surface area contributed by atoms with Gasteiger partial charge < -0.3 is 21.7 Å². The van der Waals surface area contributed by atoms with Gasteiger partial charge in [-0.05, 0) is 106 Å². The van der Waals surface area contributed by atoms with Crippen LogP contribution in [0.3, 0.4) is 0 Å². The number of fused-ring (bicyclic) bond motifs is 7. The molecule has 1 radical (unpaired) electrons. The first kappa shape index (κ1) is 58.5. The van der Waals surface area contributed by atoms with E-state index in [1.807, 2.05) is 96.1 Å². The second kappa shape index (κ2) is 24.6. The quantitative estimate of drug-likeness (QED) is 0.0333. The summed E-state index contributed by atoms with van der Waals surface area (Å²) in [5.41, 5.74) is 8.04. The number of carbonyl (C=O) groups excluding carboxylic acids is 1. The number of hydrogen-bond donors (Lipinski definition) is 5. The van der Waals surface area contributed by atoms with Gasteiger partial charge in [-0.1, -0.05) is 30.4 Å². The van der Waals surface area contributed by atoms with E-state index in [2.05, 4.69) is 92.0 Å². The summed E-state index contributed by atoms with van der Waals surface area (Å²) >= 11 is 11.4. The summed E-state index contributed by atoms with van der Waals surface area (Å²) < 4.78 is 89.2. The molecule has 0 spiro atoms. The summed E-state index contributed by atoms with van der Waals surface area (Å²) in [6.07, 6.45) is 6.57. The van der Waals surface area contributed by atoms with E-state index in [0.717, 1.165) is 34.1 Å². The zero-order valence-corrected chi connectivity index (χ0v) is 46.2. The number of thiol groups is 1. The molecule has 11 rings (SSSR count). The molecule has 0 aliphatic carbocycles. The molecule has 0 atom stereocenters. The Morgan fingerprint density at radius 2 is 1.12 bits per heavy atom. The van der Waals surface area contributed by atoms with Crippen molar-refractivity contribution in [3.05, 3.63) is 189 Å². The van der Waals surface area contributed by atoms with E-state index in [9.17, 15) is 31.1 Å². The zero-order chi connectivity index (χ0) is 56.7. The Kier molecular flexibility index (Phi) is 18.5. The van der Waals surface area contributed by atoms with Gasteiger partial charge in [-0.3, -0.25) is 28.9 Å². The molecule has 0 fully saturated rings. The van der Waals surface area contributed by atoms with E-state index in [4.69, 9.17) is 18.0 Å². The van der Waals surface area contributed by atoms with Crippen molar-refractivity contribution >= 4 is 76.3 Å². The van der Waals surface area contributed by atoms with Crippen LogP contribution in [0.25, 0.3) is 11.4 Å². The number of pyridine rings is 3. The van der Waals surface area contributed by atoms with Crippen molar-refractivity contribution in [2.45, 2.75) is 83.8 Å². The van der Waals surface area contributed by atoms with Crippen molar-refractivity contribution in [1.82, 2.24) is 44.5 Å². The van der Waals surface area contributed by atoms with Gasteiger partial charge in [0.05, 0.1) is 51.9 Å². The number of nitrogens with two attached hydrogens (primary N) is 1. The maximum atomic E-state index is 14.9. The van der Waals surface area contributed by atoms with Crippen molar-refractivity contribution in [3.63, 3.8) is 0 Å². The van der Waals surface area contributed by atoms with Gasteiger partial charge in [0.25, 0.3) is 0 Å². The Morgan fingerprint density at radius 1 is 0.667 bits per heavy atom. The van der Waals surface area contributed by atoms with Crippen LogP contribution in [-0.2, 0) is 41.6 Å². The molecule has 8 aromatic rings. The summed E-state index contributed by atoms with van der Waals surface area (Å²) in [5.74, 6) is -1.49. The first-order valence-electron chi connectivity index (χ1n) is 23.9. The van der Waals surface area contributed by atoms with E-state index in [1.165, 1.54) is 18.2 Å². The van der Waals surface area contributed by atoms with Gasteiger partial charge in [0.2, 0.25) is 0 Å². The Bertz CT molecular complexity index is 3480. The van der Waals surface area contributed by atoms with E-state index in [0.29, 0.717) is 71.6 Å². The number of benzene rings is 3. The van der Waals surface area contributed by atoms with Gasteiger partial charge in [-0.15, -0.1) is 20.4 Å². The summed E-state index contributed by atoms with van der Waals surface area (Å²) in [7, 11) is 4.34. The number of aromatic nitrogens is 9. The fourth-order valence-corrected chi connectivity index (χ4v) is 9.00. The average molecular weight is 1170 g/mol. The molecule has 0 amide bonds. The third-order valence-corrected chi connectivity index (χ3v) is 13.6. The maximum absolute atomic E-state index is 14.9. The molecule has 25 heteroatoms. The number of halogens is 7. The van der Waals surface area contributed by atoms with Crippen LogP contribution < -0.4 is 21.7 Å². The molecule has 403 valence electrons. The van der Waals surface area contributed by atoms with Gasteiger partial charge in [0, 0.05) is 82.8 Å². The zero-order valence-electron chi connectivity index (χ0n) is 42.9. The van der Waals surface area contributed by atoms with Crippen molar-refractivity contribution in [2.24, 2.45) is 10.0 Å². The van der Waals surface area contributed by atoms with Crippen LogP contribution in [0, 0.1) is 34.9 Å². The summed E-state index contributed by atoms with van der Waals surface area (Å²) in [6, 6.07) is 22.3. The number of rotatable bonds is 7. The van der Waals surface area contributed by atoms with E-state index < -0.39 is 46.0 Å². The molecule has 5 N–H and O–H groups in total. The van der Waals surface area contributed by atoms with Crippen LogP contribution in [0.4, 0.5) is 43.4 Å². The fraction of sp³-hybridized carbons (Fsp3) is 0.264. The van der Waals surface area contributed by atoms with Crippen molar-refractivity contribution in [1.29, 1.82) is 0 Å². The first-order valence-corrected chi connectivity index (χ1v) is 25.5. The minimum absolute atomic E-state index is 0.0173. The molecular weight excluding hydrogens is 1120 g/mol. The predicted octanol–water partition coefficient (Wildman–Crippen LogP) is 10.6. The number of hydrogen-bond acceptors (Lipinski definition) is 15. The number of Topliss-reactive ketones (excluding diaryl/α,β-unsaturated/α-hetero) is 1.